The standard InChI is InChI=1S/C20H22F3N3O4/c1-13(2)26(30-19(28)20(21,22)23)18(27)15-10-14(3)11-17(12-15)29-9-8-25-16-4-6-24-7-5-16/h4-7,10-13H,8-9H2,1-3H3,(H,24,25). The lowest BCUT2D eigenvalue weighted by Crippen LogP contribution is -2.42. The molecule has 1 aromatic heterocycles. The molecule has 0 atom stereocenters. The summed E-state index contributed by atoms with van der Waals surface area (Å²) in [5, 5.41) is 3.53. The van der Waals surface area contributed by atoms with E-state index in [1.165, 1.54) is 26.0 Å². The Morgan fingerprint density at radius 3 is 2.43 bits per heavy atom. The second-order valence-corrected chi connectivity index (χ2v) is 6.65. The first-order valence-corrected chi connectivity index (χ1v) is 9.09. The van der Waals surface area contributed by atoms with Crippen molar-refractivity contribution < 1.29 is 32.3 Å². The van der Waals surface area contributed by atoms with Crippen molar-refractivity contribution in [3.05, 3.63) is 53.9 Å². The summed E-state index contributed by atoms with van der Waals surface area (Å²) in [5.74, 6) is -2.98. The van der Waals surface area contributed by atoms with Gasteiger partial charge >= 0.3 is 12.1 Å². The lowest BCUT2D eigenvalue weighted by Gasteiger charge is -2.25. The van der Waals surface area contributed by atoms with Crippen LogP contribution >= 0.6 is 0 Å². The number of aromatic nitrogens is 1. The van der Waals surface area contributed by atoms with Crippen LogP contribution in [0.4, 0.5) is 18.9 Å². The summed E-state index contributed by atoms with van der Waals surface area (Å²) >= 11 is 0. The average molecular weight is 425 g/mol. The zero-order valence-electron chi connectivity index (χ0n) is 16.7. The summed E-state index contributed by atoms with van der Waals surface area (Å²) in [4.78, 5) is 32.0. The number of halogens is 3. The number of hydrogen-bond acceptors (Lipinski definition) is 6. The molecule has 0 saturated heterocycles. The number of carbonyl (C=O) groups is 2. The van der Waals surface area contributed by atoms with Crippen molar-refractivity contribution in [2.45, 2.75) is 33.0 Å². The van der Waals surface area contributed by atoms with Gasteiger partial charge in [-0.1, -0.05) is 0 Å². The number of nitrogens with zero attached hydrogens (tertiary/aromatic N) is 2. The van der Waals surface area contributed by atoms with E-state index in [2.05, 4.69) is 15.1 Å². The van der Waals surface area contributed by atoms with Crippen molar-refractivity contribution in [1.29, 1.82) is 0 Å². The van der Waals surface area contributed by atoms with Gasteiger partial charge < -0.3 is 14.9 Å². The number of hydrogen-bond donors (Lipinski definition) is 1. The van der Waals surface area contributed by atoms with Gasteiger partial charge in [-0.2, -0.15) is 18.2 Å². The lowest BCUT2D eigenvalue weighted by molar-refractivity contribution is -0.232. The van der Waals surface area contributed by atoms with E-state index in [0.29, 0.717) is 22.9 Å². The topological polar surface area (TPSA) is 80.8 Å². The second-order valence-electron chi connectivity index (χ2n) is 6.65. The highest BCUT2D eigenvalue weighted by Crippen LogP contribution is 2.22. The minimum absolute atomic E-state index is 0.0377. The molecule has 7 nitrogen and oxygen atoms in total. The van der Waals surface area contributed by atoms with Gasteiger partial charge in [-0.15, -0.1) is 0 Å². The first-order chi connectivity index (χ1) is 14.1. The highest BCUT2D eigenvalue weighted by Gasteiger charge is 2.44. The molecule has 2 rings (SSSR count). The van der Waals surface area contributed by atoms with Crippen LogP contribution in [0.15, 0.2) is 42.7 Å². The number of nitrogens with one attached hydrogen (secondary N) is 1. The van der Waals surface area contributed by atoms with E-state index in [1.807, 2.05) is 0 Å². The monoisotopic (exact) mass is 425 g/mol. The van der Waals surface area contributed by atoms with E-state index < -0.39 is 24.1 Å². The summed E-state index contributed by atoms with van der Waals surface area (Å²) in [5.41, 5.74) is 1.56. The number of amides is 1. The Morgan fingerprint density at radius 1 is 1.17 bits per heavy atom. The third kappa shape index (κ3) is 6.64. The molecule has 0 aliphatic rings. The van der Waals surface area contributed by atoms with Crippen molar-refractivity contribution in [3.63, 3.8) is 0 Å². The summed E-state index contributed by atoms with van der Waals surface area (Å²) in [6.45, 7) is 5.32. The molecular formula is C20H22F3N3O4. The van der Waals surface area contributed by atoms with E-state index in [0.717, 1.165) is 5.69 Å². The van der Waals surface area contributed by atoms with E-state index in [-0.39, 0.29) is 12.2 Å². The zero-order chi connectivity index (χ0) is 22.3. The average Bonchev–Trinajstić information content (AvgIpc) is 2.68. The highest BCUT2D eigenvalue weighted by molar-refractivity contribution is 5.95. The van der Waals surface area contributed by atoms with Gasteiger partial charge in [0, 0.05) is 30.2 Å². The maximum absolute atomic E-state index is 12.7. The van der Waals surface area contributed by atoms with Gasteiger partial charge in [0.2, 0.25) is 0 Å². The molecule has 2 aromatic rings. The third-order valence-corrected chi connectivity index (χ3v) is 3.76. The minimum Gasteiger partial charge on any atom is -0.492 e. The quantitative estimate of drug-likeness (QED) is 0.538. The Labute approximate surface area is 171 Å². The third-order valence-electron chi connectivity index (χ3n) is 3.76. The molecule has 1 amide bonds. The zero-order valence-corrected chi connectivity index (χ0v) is 16.7. The van der Waals surface area contributed by atoms with Gasteiger partial charge in [0.25, 0.3) is 5.91 Å². The molecule has 1 N–H and O–H groups in total. The maximum Gasteiger partial charge on any atom is 0.493 e. The van der Waals surface area contributed by atoms with Crippen LogP contribution in [0.2, 0.25) is 0 Å². The van der Waals surface area contributed by atoms with Crippen molar-refractivity contribution in [2.24, 2.45) is 0 Å². The molecule has 10 heteroatoms. The van der Waals surface area contributed by atoms with E-state index >= 15 is 0 Å². The van der Waals surface area contributed by atoms with Crippen LogP contribution in [0, 0.1) is 6.92 Å². The smallest absolute Gasteiger partial charge is 0.492 e. The number of anilines is 1. The second kappa shape index (κ2) is 9.95. The Morgan fingerprint density at radius 2 is 1.83 bits per heavy atom. The van der Waals surface area contributed by atoms with Crippen molar-refractivity contribution in [3.8, 4) is 5.75 Å². The molecule has 0 unspecified atom stereocenters. The van der Waals surface area contributed by atoms with Crippen LogP contribution < -0.4 is 10.1 Å². The van der Waals surface area contributed by atoms with Gasteiger partial charge in [0.05, 0.1) is 6.04 Å². The Kier molecular flexibility index (Phi) is 7.62. The number of aryl methyl sites for hydroxylation is 1. The Hall–Kier alpha value is -3.30. The molecule has 1 aromatic carbocycles. The minimum atomic E-state index is -5.21. The van der Waals surface area contributed by atoms with Crippen LogP contribution in [-0.4, -0.2) is 47.3 Å². The fourth-order valence-corrected chi connectivity index (χ4v) is 2.44. The summed E-state index contributed by atoms with van der Waals surface area (Å²) in [6.07, 6.45) is -1.92. The SMILES string of the molecule is Cc1cc(OCCNc2ccncc2)cc(C(=O)N(OC(=O)C(F)(F)F)C(C)C)c1. The van der Waals surface area contributed by atoms with Crippen molar-refractivity contribution in [2.75, 3.05) is 18.5 Å². The van der Waals surface area contributed by atoms with Crippen LogP contribution in [0.25, 0.3) is 0 Å². The lowest BCUT2D eigenvalue weighted by atomic mass is 10.1. The fourth-order valence-electron chi connectivity index (χ4n) is 2.44. The molecule has 1 heterocycles. The molecule has 0 radical (unpaired) electrons. The highest BCUT2D eigenvalue weighted by atomic mass is 19.4. The predicted molar refractivity (Wildman–Crippen MR) is 103 cm³/mol. The molecule has 0 spiro atoms. The van der Waals surface area contributed by atoms with Crippen LogP contribution in [0.1, 0.15) is 29.8 Å². The number of ether oxygens (including phenoxy) is 1. The van der Waals surface area contributed by atoms with E-state index in [1.54, 1.807) is 37.5 Å². The van der Waals surface area contributed by atoms with Gasteiger partial charge in [0.1, 0.15) is 12.4 Å². The summed E-state index contributed by atoms with van der Waals surface area (Å²) in [7, 11) is 0. The largest absolute Gasteiger partial charge is 0.493 e. The van der Waals surface area contributed by atoms with Crippen LogP contribution in [0.5, 0.6) is 5.75 Å². The molecule has 0 fully saturated rings. The molecular weight excluding hydrogens is 403 g/mol. The fraction of sp³-hybridized carbons (Fsp3) is 0.350. The number of hydroxylamine groups is 2. The summed E-state index contributed by atoms with van der Waals surface area (Å²) < 4.78 is 43.2. The first kappa shape index (κ1) is 23.0. The number of benzene rings is 1. The number of carbonyl (C=O) groups excluding carboxylic acids is 2. The normalized spacial score (nSPS) is 11.2. The van der Waals surface area contributed by atoms with Crippen molar-refractivity contribution >= 4 is 17.6 Å². The van der Waals surface area contributed by atoms with E-state index in [4.69, 9.17) is 4.74 Å². The Balaban J connectivity index is 2.06. The molecule has 30 heavy (non-hydrogen) atoms. The molecule has 0 aliphatic heterocycles. The Bertz CT molecular complexity index is 873. The first-order valence-electron chi connectivity index (χ1n) is 9.09. The van der Waals surface area contributed by atoms with Gasteiger partial charge in [0.15, 0.2) is 0 Å². The molecule has 0 saturated carbocycles. The number of rotatable bonds is 7. The van der Waals surface area contributed by atoms with Gasteiger partial charge in [-0.3, -0.25) is 9.78 Å². The van der Waals surface area contributed by atoms with Gasteiger partial charge in [-0.05, 0) is 56.7 Å². The van der Waals surface area contributed by atoms with Crippen LogP contribution in [-0.2, 0) is 9.63 Å². The van der Waals surface area contributed by atoms with Crippen LogP contribution in [0.3, 0.4) is 0 Å². The van der Waals surface area contributed by atoms with E-state index in [9.17, 15) is 22.8 Å². The molecule has 162 valence electrons. The summed E-state index contributed by atoms with van der Waals surface area (Å²) in [6, 6.07) is 7.33. The maximum atomic E-state index is 12.7. The molecule has 0 bridgehead atoms. The predicted octanol–water partition coefficient (Wildman–Crippen LogP) is 3.75. The van der Waals surface area contributed by atoms with Gasteiger partial charge in [-0.25, -0.2) is 4.79 Å². The van der Waals surface area contributed by atoms with Crippen molar-refractivity contribution in [1.82, 2.24) is 10.0 Å². The molecule has 0 aliphatic carbocycles. The number of alkyl halides is 3. The number of pyridine rings is 1.